The van der Waals surface area contributed by atoms with Crippen LogP contribution in [0.15, 0.2) is 82.2 Å². The molecule has 0 unspecified atom stereocenters. The second-order valence-corrected chi connectivity index (χ2v) is 8.08. The van der Waals surface area contributed by atoms with Crippen molar-refractivity contribution in [1.82, 2.24) is 0 Å². The van der Waals surface area contributed by atoms with Crippen molar-refractivity contribution in [2.24, 2.45) is 5.73 Å². The lowest BCUT2D eigenvalue weighted by Crippen LogP contribution is -2.20. The van der Waals surface area contributed by atoms with Crippen LogP contribution in [0.25, 0.3) is 0 Å². The zero-order valence-corrected chi connectivity index (χ0v) is 16.3. The third-order valence-electron chi connectivity index (χ3n) is 3.61. The van der Waals surface area contributed by atoms with E-state index in [-0.39, 0.29) is 16.1 Å². The van der Waals surface area contributed by atoms with Crippen LogP contribution in [-0.2, 0) is 10.0 Å². The Bertz CT molecular complexity index is 1080. The summed E-state index contributed by atoms with van der Waals surface area (Å²) in [7, 11) is -4.05. The van der Waals surface area contributed by atoms with Crippen LogP contribution >= 0.6 is 15.9 Å². The maximum Gasteiger partial charge on any atom is 0.262 e. The zero-order valence-electron chi connectivity index (χ0n) is 13.9. The third-order valence-corrected chi connectivity index (χ3v) is 5.57. The van der Waals surface area contributed by atoms with E-state index in [2.05, 4.69) is 20.7 Å². The first-order valence-corrected chi connectivity index (χ1v) is 10.1. The Kier molecular flexibility index (Phi) is 5.48. The number of amides is 1. The fourth-order valence-corrected chi connectivity index (χ4v) is 3.92. The van der Waals surface area contributed by atoms with Gasteiger partial charge < -0.3 is 10.5 Å². The van der Waals surface area contributed by atoms with E-state index in [0.717, 1.165) is 4.47 Å². The summed E-state index contributed by atoms with van der Waals surface area (Å²) in [5.41, 5.74) is 5.44. The van der Waals surface area contributed by atoms with E-state index in [1.165, 1.54) is 18.2 Å². The van der Waals surface area contributed by atoms with Crippen LogP contribution < -0.4 is 15.2 Å². The van der Waals surface area contributed by atoms with Gasteiger partial charge in [-0.2, -0.15) is 0 Å². The second-order valence-electron chi connectivity index (χ2n) is 5.52. The molecule has 0 spiro atoms. The molecule has 0 saturated heterocycles. The summed E-state index contributed by atoms with van der Waals surface area (Å²) in [4.78, 5) is 11.4. The number of hydrogen-bond acceptors (Lipinski definition) is 4. The third kappa shape index (κ3) is 4.47. The number of anilines is 1. The first kappa shape index (κ1) is 18.9. The van der Waals surface area contributed by atoms with Gasteiger partial charge in [-0.25, -0.2) is 8.42 Å². The molecule has 3 aromatic rings. The van der Waals surface area contributed by atoms with Crippen molar-refractivity contribution >= 4 is 37.5 Å². The van der Waals surface area contributed by atoms with Crippen molar-refractivity contribution in [1.29, 1.82) is 0 Å². The predicted molar refractivity (Wildman–Crippen MR) is 106 cm³/mol. The molecule has 0 atom stereocenters. The minimum Gasteiger partial charge on any atom is -0.455 e. The van der Waals surface area contributed by atoms with E-state index in [4.69, 9.17) is 10.5 Å². The van der Waals surface area contributed by atoms with Gasteiger partial charge in [0.1, 0.15) is 10.6 Å². The van der Waals surface area contributed by atoms with Gasteiger partial charge in [-0.05, 0) is 48.5 Å². The fraction of sp³-hybridized carbons (Fsp3) is 0. The Morgan fingerprint density at radius 3 is 2.26 bits per heavy atom. The van der Waals surface area contributed by atoms with E-state index in [1.54, 1.807) is 42.5 Å². The lowest BCUT2D eigenvalue weighted by Gasteiger charge is -2.14. The van der Waals surface area contributed by atoms with Crippen molar-refractivity contribution in [2.75, 3.05) is 4.72 Å². The Hall–Kier alpha value is -2.84. The van der Waals surface area contributed by atoms with Crippen LogP contribution in [0, 0.1) is 0 Å². The Balaban J connectivity index is 1.94. The lowest BCUT2D eigenvalue weighted by atomic mass is 10.2. The number of halogens is 1. The maximum atomic E-state index is 12.8. The van der Waals surface area contributed by atoms with Crippen molar-refractivity contribution < 1.29 is 17.9 Å². The number of nitrogens with one attached hydrogen (secondary N) is 1. The van der Waals surface area contributed by atoms with Crippen molar-refractivity contribution in [3.05, 3.63) is 82.8 Å². The highest BCUT2D eigenvalue weighted by molar-refractivity contribution is 9.10. The minimum atomic E-state index is -4.05. The highest BCUT2D eigenvalue weighted by atomic mass is 79.9. The number of rotatable bonds is 6. The monoisotopic (exact) mass is 446 g/mol. The van der Waals surface area contributed by atoms with Crippen molar-refractivity contribution in [3.8, 4) is 11.5 Å². The van der Waals surface area contributed by atoms with Gasteiger partial charge in [-0.1, -0.05) is 40.2 Å². The molecule has 0 aliphatic rings. The van der Waals surface area contributed by atoms with E-state index >= 15 is 0 Å². The Morgan fingerprint density at radius 2 is 1.56 bits per heavy atom. The molecule has 3 rings (SSSR count). The summed E-state index contributed by atoms with van der Waals surface area (Å²) in [5, 5.41) is 0. The first-order chi connectivity index (χ1) is 12.9. The first-order valence-electron chi connectivity index (χ1n) is 7.81. The largest absolute Gasteiger partial charge is 0.455 e. The van der Waals surface area contributed by atoms with Gasteiger partial charge in [0.15, 0.2) is 5.75 Å². The van der Waals surface area contributed by atoms with Crippen LogP contribution in [0.5, 0.6) is 11.5 Å². The number of carbonyl (C=O) groups excluding carboxylic acids is 1. The molecule has 0 saturated carbocycles. The minimum absolute atomic E-state index is 0.0868. The maximum absolute atomic E-state index is 12.8. The van der Waals surface area contributed by atoms with Crippen LogP contribution in [0.2, 0.25) is 0 Å². The number of carbonyl (C=O) groups is 1. The van der Waals surface area contributed by atoms with Gasteiger partial charge in [-0.3, -0.25) is 9.52 Å². The van der Waals surface area contributed by atoms with Crippen LogP contribution in [-0.4, -0.2) is 14.3 Å². The number of para-hydroxylation sites is 2. The molecule has 0 bridgehead atoms. The molecule has 0 aliphatic carbocycles. The average Bonchev–Trinajstić information content (AvgIpc) is 2.65. The molecule has 1 amide bonds. The molecule has 0 aromatic heterocycles. The van der Waals surface area contributed by atoms with E-state index in [9.17, 15) is 13.2 Å². The molecule has 27 heavy (non-hydrogen) atoms. The van der Waals surface area contributed by atoms with E-state index in [1.807, 2.05) is 12.1 Å². The summed E-state index contributed by atoms with van der Waals surface area (Å²) >= 11 is 3.34. The highest BCUT2D eigenvalue weighted by Gasteiger charge is 2.22. The van der Waals surface area contributed by atoms with Crippen LogP contribution in [0.4, 0.5) is 5.69 Å². The SMILES string of the molecule is NC(=O)c1ccccc1S(=O)(=O)Nc1ccccc1Oc1ccc(Br)cc1. The van der Waals surface area contributed by atoms with Crippen LogP contribution in [0.1, 0.15) is 10.4 Å². The molecule has 8 heteroatoms. The summed E-state index contributed by atoms with van der Waals surface area (Å²) < 4.78 is 34.7. The summed E-state index contributed by atoms with van der Waals surface area (Å²) in [6.45, 7) is 0. The summed E-state index contributed by atoms with van der Waals surface area (Å²) in [6, 6.07) is 19.5. The normalized spacial score (nSPS) is 11.0. The van der Waals surface area contributed by atoms with Gasteiger partial charge in [0.25, 0.3) is 10.0 Å². The number of primary amides is 1. The topological polar surface area (TPSA) is 98.5 Å². The highest BCUT2D eigenvalue weighted by Crippen LogP contribution is 2.32. The average molecular weight is 447 g/mol. The van der Waals surface area contributed by atoms with E-state index < -0.39 is 15.9 Å². The zero-order chi connectivity index (χ0) is 19.4. The van der Waals surface area contributed by atoms with Gasteiger partial charge in [-0.15, -0.1) is 0 Å². The number of ether oxygens (including phenoxy) is 1. The second kappa shape index (κ2) is 7.81. The smallest absolute Gasteiger partial charge is 0.262 e. The molecule has 0 fully saturated rings. The number of hydrogen-bond donors (Lipinski definition) is 2. The summed E-state index contributed by atoms with van der Waals surface area (Å²) in [6.07, 6.45) is 0. The number of sulfonamides is 1. The molecular weight excluding hydrogens is 432 g/mol. The van der Waals surface area contributed by atoms with Crippen LogP contribution in [0.3, 0.4) is 0 Å². The molecule has 0 aliphatic heterocycles. The molecule has 3 N–H and O–H groups in total. The Morgan fingerprint density at radius 1 is 0.926 bits per heavy atom. The molecular formula is C19H15BrN2O4S. The number of benzene rings is 3. The molecule has 0 radical (unpaired) electrons. The van der Waals surface area contributed by atoms with Gasteiger partial charge in [0, 0.05) is 4.47 Å². The number of nitrogens with two attached hydrogens (primary N) is 1. The van der Waals surface area contributed by atoms with Gasteiger partial charge >= 0.3 is 0 Å². The lowest BCUT2D eigenvalue weighted by molar-refractivity contribution is 0.0997. The van der Waals surface area contributed by atoms with E-state index in [0.29, 0.717) is 11.5 Å². The van der Waals surface area contributed by atoms with Gasteiger partial charge in [0.2, 0.25) is 5.91 Å². The quantitative estimate of drug-likeness (QED) is 0.594. The molecule has 3 aromatic carbocycles. The van der Waals surface area contributed by atoms with Crippen molar-refractivity contribution in [3.63, 3.8) is 0 Å². The summed E-state index contributed by atoms with van der Waals surface area (Å²) in [5.74, 6) is 0.0395. The predicted octanol–water partition coefficient (Wildman–Crippen LogP) is 4.14. The standard InChI is InChI=1S/C19H15BrN2O4S/c20-13-9-11-14(12-10-13)26-17-7-3-2-6-16(17)22-27(24,25)18-8-4-1-5-15(18)19(21)23/h1-12,22H,(H2,21,23). The Labute approximate surface area is 165 Å². The van der Waals surface area contributed by atoms with Gasteiger partial charge in [0.05, 0.1) is 11.3 Å². The molecule has 6 nitrogen and oxygen atoms in total. The molecule has 0 heterocycles. The van der Waals surface area contributed by atoms with Crippen molar-refractivity contribution in [2.45, 2.75) is 4.90 Å². The molecule has 138 valence electrons. The fourth-order valence-electron chi connectivity index (χ4n) is 2.37.